The van der Waals surface area contributed by atoms with Crippen molar-refractivity contribution in [2.75, 3.05) is 6.61 Å². The van der Waals surface area contributed by atoms with Crippen LogP contribution in [0.25, 0.3) is 0 Å². The summed E-state index contributed by atoms with van der Waals surface area (Å²) in [6.45, 7) is 1.95. The number of rotatable bonds is 1. The van der Waals surface area contributed by atoms with Crippen LogP contribution in [0.2, 0.25) is 0 Å². The first kappa shape index (κ1) is 12.1. The van der Waals surface area contributed by atoms with Crippen molar-refractivity contribution in [1.82, 2.24) is 5.32 Å². The second-order valence-corrected chi connectivity index (χ2v) is 0.957. The van der Waals surface area contributed by atoms with Gasteiger partial charge in [-0.1, -0.05) is 0 Å². The third-order valence-corrected chi connectivity index (χ3v) is 0.433. The number of hydrogen-bond donors (Lipinski definition) is 1. The van der Waals surface area contributed by atoms with Gasteiger partial charge in [-0.25, -0.2) is 10.1 Å². The zero-order valence-corrected chi connectivity index (χ0v) is 8.59. The Morgan fingerprint density at radius 3 is 2.89 bits per heavy atom. The monoisotopic (exact) mass is 154 g/mol. The van der Waals surface area contributed by atoms with Crippen LogP contribution in [0.15, 0.2) is 0 Å². The maximum atomic E-state index is 10.1. The molecule has 9 heavy (non-hydrogen) atoms. The second kappa shape index (κ2) is 8.40. The molecule has 0 unspecified atom stereocenters. The van der Waals surface area contributed by atoms with Gasteiger partial charge in [-0.05, 0) is 6.92 Å². The smallest absolute Gasteiger partial charge is 1.00 e. The summed E-state index contributed by atoms with van der Waals surface area (Å²) in [5.41, 5.74) is 0. The Balaban J connectivity index is -0.000000245. The molecular formula is C4H7KN2O2. The van der Waals surface area contributed by atoms with Gasteiger partial charge in [0.2, 0.25) is 0 Å². The third kappa shape index (κ3) is 8.40. The molecule has 1 N–H and O–H groups in total. The Morgan fingerprint density at radius 2 is 2.56 bits per heavy atom. The summed E-state index contributed by atoms with van der Waals surface area (Å²) < 4.78 is 4.31. The van der Waals surface area contributed by atoms with Crippen molar-refractivity contribution >= 4 is 6.09 Å². The van der Waals surface area contributed by atoms with Crippen LogP contribution in [0, 0.1) is 11.5 Å². The molecule has 0 aliphatic carbocycles. The minimum Gasteiger partial charge on any atom is -1.00 e. The molecule has 0 fully saturated rings. The van der Waals surface area contributed by atoms with E-state index >= 15 is 0 Å². The van der Waals surface area contributed by atoms with E-state index in [-0.39, 0.29) is 59.4 Å². The summed E-state index contributed by atoms with van der Waals surface area (Å²) in [5, 5.41) is 9.59. The Morgan fingerprint density at radius 1 is 2.00 bits per heavy atom. The summed E-state index contributed by atoms with van der Waals surface area (Å²) in [6.07, 6.45) is 0.729. The Hall–Kier alpha value is 0.396. The molecule has 0 rings (SSSR count). The van der Waals surface area contributed by atoms with Crippen molar-refractivity contribution in [3.63, 3.8) is 0 Å². The number of nitriles is 1. The Bertz CT molecular complexity index is 125. The summed E-state index contributed by atoms with van der Waals surface area (Å²) in [4.78, 5) is 10.1. The van der Waals surface area contributed by atoms with Crippen LogP contribution in [0.4, 0.5) is 4.79 Å². The molecule has 46 valence electrons. The van der Waals surface area contributed by atoms with Crippen LogP contribution >= 0.6 is 0 Å². The number of carbonyl (C=O) groups is 1. The van der Waals surface area contributed by atoms with Crippen LogP contribution in [-0.2, 0) is 4.74 Å². The minimum atomic E-state index is -0.699. The van der Waals surface area contributed by atoms with Crippen LogP contribution in [0.1, 0.15) is 8.35 Å². The van der Waals surface area contributed by atoms with Crippen LogP contribution in [0.5, 0.6) is 0 Å². The van der Waals surface area contributed by atoms with Gasteiger partial charge in [0, 0.05) is 0 Å². The summed E-state index contributed by atoms with van der Waals surface area (Å²) in [7, 11) is 0. The summed E-state index contributed by atoms with van der Waals surface area (Å²) >= 11 is 0. The molecule has 0 radical (unpaired) electrons. The van der Waals surface area contributed by atoms with Gasteiger partial charge in [0.05, 0.1) is 6.61 Å². The minimum absolute atomic E-state index is 0. The van der Waals surface area contributed by atoms with Crippen molar-refractivity contribution in [3.05, 3.63) is 0 Å². The predicted molar refractivity (Wildman–Crippen MR) is 26.9 cm³/mol. The van der Waals surface area contributed by atoms with Gasteiger partial charge in [-0.2, -0.15) is 5.26 Å². The zero-order chi connectivity index (χ0) is 6.41. The number of carbonyl (C=O) groups excluding carboxylic acids is 1. The Kier molecular flexibility index (Phi) is 11.3. The number of nitrogens with one attached hydrogen (secondary N) is 1. The number of ether oxygens (including phenoxy) is 1. The Labute approximate surface area is 97.5 Å². The molecule has 0 saturated carbocycles. The maximum Gasteiger partial charge on any atom is 1.00 e. The van der Waals surface area contributed by atoms with E-state index in [1.165, 1.54) is 6.19 Å². The average molecular weight is 154 g/mol. The van der Waals surface area contributed by atoms with Crippen molar-refractivity contribution in [2.45, 2.75) is 6.92 Å². The first-order valence-corrected chi connectivity index (χ1v) is 2.13. The van der Waals surface area contributed by atoms with E-state index in [4.69, 9.17) is 5.26 Å². The van der Waals surface area contributed by atoms with E-state index in [2.05, 4.69) is 4.74 Å². The van der Waals surface area contributed by atoms with Gasteiger partial charge < -0.3 is 6.16 Å². The van der Waals surface area contributed by atoms with Gasteiger partial charge in [-0.3, -0.25) is 0 Å². The van der Waals surface area contributed by atoms with Crippen molar-refractivity contribution in [2.24, 2.45) is 0 Å². The van der Waals surface area contributed by atoms with E-state index < -0.39 is 6.09 Å². The summed E-state index contributed by atoms with van der Waals surface area (Å²) in [5.74, 6) is 0. The largest absolute Gasteiger partial charge is 1.00 e. The molecule has 0 atom stereocenters. The standard InChI is InChI=1S/C4H6N2O2.K.H/c1-2-8-4(7)6-3-5;;/h2H2,1H3,(H,6,7);;/q;+1;-1. The van der Waals surface area contributed by atoms with E-state index in [1.54, 1.807) is 12.2 Å². The molecule has 4 nitrogen and oxygen atoms in total. The van der Waals surface area contributed by atoms with Crippen LogP contribution in [-0.4, -0.2) is 12.7 Å². The average Bonchev–Trinajstić information content (AvgIpc) is 1.68. The van der Waals surface area contributed by atoms with Gasteiger partial charge in [0.15, 0.2) is 6.19 Å². The SMILES string of the molecule is CCOC(=O)NC#N.[H-].[K+]. The van der Waals surface area contributed by atoms with Crippen molar-refractivity contribution in [3.8, 4) is 6.19 Å². The molecule has 0 aliphatic rings. The topological polar surface area (TPSA) is 62.1 Å². The van der Waals surface area contributed by atoms with E-state index in [1.807, 2.05) is 0 Å². The molecule has 0 aromatic heterocycles. The van der Waals surface area contributed by atoms with Gasteiger partial charge >= 0.3 is 57.5 Å². The van der Waals surface area contributed by atoms with Gasteiger partial charge in [-0.15, -0.1) is 0 Å². The summed E-state index contributed by atoms with van der Waals surface area (Å²) in [6, 6.07) is 0. The fourth-order valence-electron chi connectivity index (χ4n) is 0.213. The molecule has 0 saturated heterocycles. The fraction of sp³-hybridized carbons (Fsp3) is 0.500. The molecule has 5 heteroatoms. The second-order valence-electron chi connectivity index (χ2n) is 0.957. The quantitative estimate of drug-likeness (QED) is 0.254. The van der Waals surface area contributed by atoms with Gasteiger partial charge in [0.25, 0.3) is 0 Å². The van der Waals surface area contributed by atoms with Crippen molar-refractivity contribution in [1.29, 1.82) is 5.26 Å². The fourth-order valence-corrected chi connectivity index (χ4v) is 0.213. The molecule has 0 heterocycles. The third-order valence-electron chi connectivity index (χ3n) is 0.433. The number of amides is 1. The molecule has 1 amide bonds. The van der Waals surface area contributed by atoms with E-state index in [9.17, 15) is 4.79 Å². The van der Waals surface area contributed by atoms with E-state index in [0.29, 0.717) is 0 Å². The molecule has 0 aliphatic heterocycles. The molecular weight excluding hydrogens is 147 g/mol. The molecule has 0 aromatic rings. The molecule has 0 aromatic carbocycles. The zero-order valence-electron chi connectivity index (χ0n) is 6.47. The molecule has 0 spiro atoms. The number of nitrogens with zero attached hydrogens (tertiary/aromatic N) is 1. The van der Waals surface area contributed by atoms with Crippen LogP contribution in [0.3, 0.4) is 0 Å². The number of alkyl carbamates (subject to hydrolysis) is 1. The normalized spacial score (nSPS) is 6.22. The van der Waals surface area contributed by atoms with E-state index in [0.717, 1.165) is 0 Å². The molecule has 0 bridgehead atoms. The predicted octanol–water partition coefficient (Wildman–Crippen LogP) is -2.67. The van der Waals surface area contributed by atoms with Gasteiger partial charge in [0.1, 0.15) is 0 Å². The first-order valence-electron chi connectivity index (χ1n) is 2.13. The maximum absolute atomic E-state index is 10.1. The first-order chi connectivity index (χ1) is 3.81. The number of hydrogen-bond acceptors (Lipinski definition) is 3. The van der Waals surface area contributed by atoms with Crippen LogP contribution < -0.4 is 56.7 Å². The van der Waals surface area contributed by atoms with Crippen molar-refractivity contribution < 1.29 is 62.3 Å².